The van der Waals surface area contributed by atoms with E-state index in [1.165, 1.54) is 0 Å². The summed E-state index contributed by atoms with van der Waals surface area (Å²) < 4.78 is 0. The first-order valence-corrected chi connectivity index (χ1v) is 9.12. The van der Waals surface area contributed by atoms with Crippen molar-refractivity contribution in [3.05, 3.63) is 0 Å². The number of carboxylic acid groups (broad SMARTS) is 1. The highest BCUT2D eigenvalue weighted by molar-refractivity contribution is 5.81. The van der Waals surface area contributed by atoms with Crippen LogP contribution >= 0.6 is 0 Å². The van der Waals surface area contributed by atoms with Gasteiger partial charge in [-0.25, -0.2) is 0 Å². The quantitative estimate of drug-likeness (QED) is 0.523. The highest BCUT2D eigenvalue weighted by Gasteiger charge is 2.43. The third-order valence-electron chi connectivity index (χ3n) is 5.75. The molecule has 0 spiro atoms. The zero-order chi connectivity index (χ0) is 17.5. The lowest BCUT2D eigenvalue weighted by atomic mass is 9.66. The molecule has 1 saturated carbocycles. The number of aliphatic hydroxyl groups excluding tert-OH is 1. The van der Waals surface area contributed by atoms with Crippen LogP contribution in [0.15, 0.2) is 0 Å². The molecule has 4 heteroatoms. The average molecular weight is 326 g/mol. The van der Waals surface area contributed by atoms with E-state index in [-0.39, 0.29) is 17.3 Å². The normalized spacial score (nSPS) is 18.3. The minimum absolute atomic E-state index is 0.224. The molecular weight excluding hydrogens is 292 g/mol. The van der Waals surface area contributed by atoms with Crippen molar-refractivity contribution in [3.8, 4) is 0 Å². The van der Waals surface area contributed by atoms with Crippen molar-refractivity contribution in [3.63, 3.8) is 0 Å². The first kappa shape index (κ1) is 20.1. The molecule has 23 heavy (non-hydrogen) atoms. The van der Waals surface area contributed by atoms with Crippen LogP contribution < -0.4 is 0 Å². The minimum atomic E-state index is -0.641. The number of carbonyl (C=O) groups is 2. The van der Waals surface area contributed by atoms with Crippen LogP contribution in [0, 0.1) is 10.8 Å². The molecule has 0 aromatic rings. The summed E-state index contributed by atoms with van der Waals surface area (Å²) in [6.45, 7) is 5.59. The van der Waals surface area contributed by atoms with Gasteiger partial charge in [0, 0.05) is 5.41 Å². The first-order chi connectivity index (χ1) is 10.7. The summed E-state index contributed by atoms with van der Waals surface area (Å²) in [5.41, 5.74) is -0.706. The maximum atomic E-state index is 11.4. The Morgan fingerprint density at radius 1 is 1.09 bits per heavy atom. The molecule has 0 aromatic heterocycles. The molecule has 0 bridgehead atoms. The Labute approximate surface area is 140 Å². The molecule has 0 aromatic carbocycles. The van der Waals surface area contributed by atoms with E-state index in [2.05, 4.69) is 0 Å². The number of unbranched alkanes of at least 4 members (excludes halogenated alkanes) is 2. The van der Waals surface area contributed by atoms with Gasteiger partial charge in [0.15, 0.2) is 0 Å². The zero-order valence-corrected chi connectivity index (χ0v) is 15.1. The summed E-state index contributed by atoms with van der Waals surface area (Å²) in [6.07, 6.45) is 9.22. The van der Waals surface area contributed by atoms with E-state index in [1.807, 2.05) is 13.8 Å². The number of aliphatic carboxylic acids is 1. The lowest BCUT2D eigenvalue weighted by Gasteiger charge is -2.37. The Bertz CT molecular complexity index is 396. The van der Waals surface area contributed by atoms with Crippen LogP contribution in [-0.4, -0.2) is 28.1 Å². The van der Waals surface area contributed by atoms with Gasteiger partial charge in [-0.1, -0.05) is 46.0 Å². The van der Waals surface area contributed by atoms with E-state index in [4.69, 9.17) is 0 Å². The summed E-state index contributed by atoms with van der Waals surface area (Å²) in [4.78, 5) is 22.7. The molecule has 1 rings (SSSR count). The lowest BCUT2D eigenvalue weighted by Crippen LogP contribution is -2.37. The van der Waals surface area contributed by atoms with Gasteiger partial charge in [0.2, 0.25) is 0 Å². The summed E-state index contributed by atoms with van der Waals surface area (Å²) in [7, 11) is 0. The molecule has 1 atom stereocenters. The number of hydrogen-bond donors (Lipinski definition) is 2. The second kappa shape index (κ2) is 8.81. The third kappa shape index (κ3) is 6.25. The van der Waals surface area contributed by atoms with Crippen molar-refractivity contribution in [1.29, 1.82) is 0 Å². The Kier molecular flexibility index (Phi) is 7.72. The fourth-order valence-corrected chi connectivity index (χ4v) is 3.28. The minimum Gasteiger partial charge on any atom is -0.481 e. The monoisotopic (exact) mass is 326 g/mol. The van der Waals surface area contributed by atoms with Crippen molar-refractivity contribution in [2.24, 2.45) is 10.8 Å². The van der Waals surface area contributed by atoms with Gasteiger partial charge in [0.25, 0.3) is 0 Å². The number of rotatable bonds is 12. The second-order valence-electron chi connectivity index (χ2n) is 8.02. The van der Waals surface area contributed by atoms with Gasteiger partial charge in [0.05, 0.1) is 11.5 Å². The molecule has 1 unspecified atom stereocenters. The number of carbonyl (C=O) groups excluding carboxylic acids is 1. The van der Waals surface area contributed by atoms with Gasteiger partial charge in [-0.15, -0.1) is 0 Å². The van der Waals surface area contributed by atoms with Gasteiger partial charge in [0.1, 0.15) is 5.78 Å². The van der Waals surface area contributed by atoms with Crippen LogP contribution in [-0.2, 0) is 9.59 Å². The number of hydrogen-bond acceptors (Lipinski definition) is 3. The van der Waals surface area contributed by atoms with Crippen molar-refractivity contribution >= 4 is 11.8 Å². The Morgan fingerprint density at radius 2 is 1.65 bits per heavy atom. The standard InChI is InChI=1S/C19H34O4/c1-15(20)18(2,3)11-6-4-9-16(21)10-5-7-12-19(17(22)23)13-8-14-19/h16,21H,4-14H2,1-3H3,(H,22,23). The van der Waals surface area contributed by atoms with E-state index in [9.17, 15) is 19.8 Å². The Morgan fingerprint density at radius 3 is 2.09 bits per heavy atom. The lowest BCUT2D eigenvalue weighted by molar-refractivity contribution is -0.155. The van der Waals surface area contributed by atoms with Gasteiger partial charge in [-0.05, 0) is 45.4 Å². The molecule has 0 aliphatic heterocycles. The highest BCUT2D eigenvalue weighted by Crippen LogP contribution is 2.45. The van der Waals surface area contributed by atoms with Crippen molar-refractivity contribution in [2.45, 2.75) is 97.5 Å². The molecule has 1 fully saturated rings. The largest absolute Gasteiger partial charge is 0.481 e. The molecule has 0 heterocycles. The van der Waals surface area contributed by atoms with E-state index in [0.717, 1.165) is 70.6 Å². The molecule has 4 nitrogen and oxygen atoms in total. The number of Topliss-reactive ketones (excluding diaryl/α,β-unsaturated/α-hetero) is 1. The SMILES string of the molecule is CC(=O)C(C)(C)CCCCC(O)CCCCC1(C(=O)O)CCC1. The number of carboxylic acids is 1. The molecule has 0 saturated heterocycles. The van der Waals surface area contributed by atoms with Gasteiger partial charge >= 0.3 is 5.97 Å². The van der Waals surface area contributed by atoms with Crippen LogP contribution in [0.5, 0.6) is 0 Å². The topological polar surface area (TPSA) is 74.6 Å². The molecule has 1 aliphatic carbocycles. The first-order valence-electron chi connectivity index (χ1n) is 9.12. The fourth-order valence-electron chi connectivity index (χ4n) is 3.28. The molecule has 134 valence electrons. The van der Waals surface area contributed by atoms with Crippen LogP contribution in [0.3, 0.4) is 0 Å². The van der Waals surface area contributed by atoms with Gasteiger partial charge < -0.3 is 10.2 Å². The predicted octanol–water partition coefficient (Wildman–Crippen LogP) is 4.34. The van der Waals surface area contributed by atoms with Crippen LogP contribution in [0.25, 0.3) is 0 Å². The summed E-state index contributed by atoms with van der Waals surface area (Å²) >= 11 is 0. The molecular formula is C19H34O4. The van der Waals surface area contributed by atoms with E-state index >= 15 is 0 Å². The zero-order valence-electron chi connectivity index (χ0n) is 15.1. The van der Waals surface area contributed by atoms with Crippen LogP contribution in [0.4, 0.5) is 0 Å². The van der Waals surface area contributed by atoms with E-state index in [1.54, 1.807) is 6.92 Å². The Balaban J connectivity index is 2.08. The predicted molar refractivity (Wildman–Crippen MR) is 91.3 cm³/mol. The van der Waals surface area contributed by atoms with Crippen molar-refractivity contribution in [1.82, 2.24) is 0 Å². The number of ketones is 1. The molecule has 0 amide bonds. The maximum absolute atomic E-state index is 11.4. The maximum Gasteiger partial charge on any atom is 0.309 e. The molecule has 2 N–H and O–H groups in total. The third-order valence-corrected chi connectivity index (χ3v) is 5.75. The number of aliphatic hydroxyl groups is 1. The smallest absolute Gasteiger partial charge is 0.309 e. The summed E-state index contributed by atoms with van der Waals surface area (Å²) in [6, 6.07) is 0. The average Bonchev–Trinajstić information content (AvgIpc) is 2.41. The van der Waals surface area contributed by atoms with Gasteiger partial charge in [-0.2, -0.15) is 0 Å². The van der Waals surface area contributed by atoms with Gasteiger partial charge in [-0.3, -0.25) is 9.59 Å². The second-order valence-corrected chi connectivity index (χ2v) is 8.02. The van der Waals surface area contributed by atoms with Crippen LogP contribution in [0.2, 0.25) is 0 Å². The van der Waals surface area contributed by atoms with Crippen LogP contribution in [0.1, 0.15) is 91.4 Å². The molecule has 1 aliphatic rings. The van der Waals surface area contributed by atoms with Crippen molar-refractivity contribution < 1.29 is 19.8 Å². The Hall–Kier alpha value is -0.900. The van der Waals surface area contributed by atoms with E-state index in [0.29, 0.717) is 0 Å². The summed E-state index contributed by atoms with van der Waals surface area (Å²) in [5.74, 6) is -0.418. The van der Waals surface area contributed by atoms with E-state index < -0.39 is 11.4 Å². The highest BCUT2D eigenvalue weighted by atomic mass is 16.4. The summed E-state index contributed by atoms with van der Waals surface area (Å²) in [5, 5.41) is 19.3. The van der Waals surface area contributed by atoms with Crippen molar-refractivity contribution in [2.75, 3.05) is 0 Å². The molecule has 0 radical (unpaired) electrons. The fraction of sp³-hybridized carbons (Fsp3) is 0.895.